The number of hydrogen-bond acceptors (Lipinski definition) is 3. The number of amides is 4. The first-order valence-corrected chi connectivity index (χ1v) is 11.8. The summed E-state index contributed by atoms with van der Waals surface area (Å²) in [5.41, 5.74) is 0.0513. The van der Waals surface area contributed by atoms with Crippen molar-refractivity contribution in [2.45, 2.75) is 69.4 Å². The van der Waals surface area contributed by atoms with Crippen molar-refractivity contribution in [1.29, 1.82) is 0 Å². The summed E-state index contributed by atoms with van der Waals surface area (Å²) >= 11 is 0. The molecule has 162 valence electrons. The number of ether oxygens (including phenoxy) is 1. The fraction of sp³-hybridized carbons (Fsp3) is 0.909. The molecule has 0 spiro atoms. The second-order valence-electron chi connectivity index (χ2n) is 10.2. The van der Waals surface area contributed by atoms with Gasteiger partial charge in [-0.15, -0.1) is 0 Å². The van der Waals surface area contributed by atoms with E-state index in [0.717, 1.165) is 43.7 Å². The van der Waals surface area contributed by atoms with Gasteiger partial charge in [0, 0.05) is 37.8 Å². The van der Waals surface area contributed by atoms with Gasteiger partial charge in [0.2, 0.25) is 0 Å². The van der Waals surface area contributed by atoms with Gasteiger partial charge in [0.1, 0.15) is 0 Å². The molecule has 4 amide bonds. The number of hydrogen-bond donors (Lipinski definition) is 2. The van der Waals surface area contributed by atoms with Crippen molar-refractivity contribution in [3.63, 3.8) is 0 Å². The highest BCUT2D eigenvalue weighted by molar-refractivity contribution is 5.76. The Bertz CT molecular complexity index is 626. The Morgan fingerprint density at radius 1 is 0.862 bits per heavy atom. The maximum atomic E-state index is 12.8. The molecule has 4 atom stereocenters. The zero-order valence-electron chi connectivity index (χ0n) is 17.5. The largest absolute Gasteiger partial charge is 0.378 e. The van der Waals surface area contributed by atoms with Crippen molar-refractivity contribution in [2.24, 2.45) is 17.8 Å². The second kappa shape index (κ2) is 7.97. The molecule has 3 bridgehead atoms. The van der Waals surface area contributed by atoms with Crippen LogP contribution in [0.1, 0.15) is 57.8 Å². The number of nitrogens with zero attached hydrogens (tertiary/aromatic N) is 2. The lowest BCUT2D eigenvalue weighted by Gasteiger charge is -2.40. The first-order chi connectivity index (χ1) is 14.1. The van der Waals surface area contributed by atoms with E-state index in [1.807, 2.05) is 9.80 Å². The molecule has 0 aromatic carbocycles. The Hall–Kier alpha value is -1.50. The van der Waals surface area contributed by atoms with E-state index < -0.39 is 0 Å². The number of likely N-dealkylation sites (tertiary alicyclic amines) is 1. The lowest BCUT2D eigenvalue weighted by molar-refractivity contribution is 0.0409. The minimum atomic E-state index is 0.0172. The van der Waals surface area contributed by atoms with Crippen molar-refractivity contribution in [3.05, 3.63) is 0 Å². The van der Waals surface area contributed by atoms with Crippen LogP contribution in [0.4, 0.5) is 9.59 Å². The molecule has 29 heavy (non-hydrogen) atoms. The third kappa shape index (κ3) is 4.07. The molecule has 3 aliphatic carbocycles. The Balaban J connectivity index is 1.10. The molecule has 5 rings (SSSR count). The van der Waals surface area contributed by atoms with Crippen LogP contribution < -0.4 is 10.6 Å². The number of carbonyl (C=O) groups excluding carboxylic acids is 2. The van der Waals surface area contributed by atoms with Gasteiger partial charge in [-0.1, -0.05) is 19.3 Å². The molecule has 2 saturated heterocycles. The van der Waals surface area contributed by atoms with E-state index in [0.29, 0.717) is 26.3 Å². The molecule has 5 fully saturated rings. The number of fused-ring (bicyclic) bond motifs is 2. The highest BCUT2D eigenvalue weighted by Gasteiger charge is 2.52. The lowest BCUT2D eigenvalue weighted by atomic mass is 9.75. The minimum Gasteiger partial charge on any atom is -0.378 e. The lowest BCUT2D eigenvalue weighted by Crippen LogP contribution is -2.57. The number of piperidine rings is 1. The summed E-state index contributed by atoms with van der Waals surface area (Å²) < 4.78 is 5.34. The predicted octanol–water partition coefficient (Wildman–Crippen LogP) is 2.56. The van der Waals surface area contributed by atoms with Crippen molar-refractivity contribution < 1.29 is 14.3 Å². The first-order valence-electron chi connectivity index (χ1n) is 11.8. The summed E-state index contributed by atoms with van der Waals surface area (Å²) in [6.45, 7) is 4.08. The normalized spacial score (nSPS) is 37.3. The Morgan fingerprint density at radius 2 is 1.59 bits per heavy atom. The van der Waals surface area contributed by atoms with Gasteiger partial charge >= 0.3 is 12.1 Å². The Labute approximate surface area is 173 Å². The van der Waals surface area contributed by atoms with E-state index in [1.54, 1.807) is 0 Å². The molecule has 3 saturated carbocycles. The van der Waals surface area contributed by atoms with Crippen molar-refractivity contribution in [1.82, 2.24) is 20.4 Å². The van der Waals surface area contributed by atoms with E-state index in [-0.39, 0.29) is 23.6 Å². The van der Waals surface area contributed by atoms with Crippen LogP contribution in [0.5, 0.6) is 0 Å². The quantitative estimate of drug-likeness (QED) is 0.743. The number of nitrogens with one attached hydrogen (secondary N) is 2. The van der Waals surface area contributed by atoms with Crippen LogP contribution in [0.3, 0.4) is 0 Å². The monoisotopic (exact) mass is 404 g/mol. The van der Waals surface area contributed by atoms with Gasteiger partial charge in [-0.2, -0.15) is 0 Å². The summed E-state index contributed by atoms with van der Waals surface area (Å²) in [5, 5.41) is 6.66. The topological polar surface area (TPSA) is 73.9 Å². The van der Waals surface area contributed by atoms with E-state index >= 15 is 0 Å². The number of morpholine rings is 1. The highest BCUT2D eigenvalue weighted by Crippen LogP contribution is 2.55. The molecule has 0 radical (unpaired) electrons. The van der Waals surface area contributed by atoms with Gasteiger partial charge in [0.25, 0.3) is 0 Å². The number of carbonyl (C=O) groups is 2. The van der Waals surface area contributed by atoms with Crippen LogP contribution in [0.25, 0.3) is 0 Å². The third-order valence-corrected chi connectivity index (χ3v) is 8.24. The molecule has 7 nitrogen and oxygen atoms in total. The van der Waals surface area contributed by atoms with E-state index in [2.05, 4.69) is 10.6 Å². The summed E-state index contributed by atoms with van der Waals surface area (Å²) in [6, 6.07) is 0.310. The molecule has 4 unspecified atom stereocenters. The molecule has 5 aliphatic rings. The molecule has 2 aliphatic heterocycles. The van der Waals surface area contributed by atoms with Crippen molar-refractivity contribution in [3.8, 4) is 0 Å². The van der Waals surface area contributed by atoms with Gasteiger partial charge in [-0.05, 0) is 56.3 Å². The maximum Gasteiger partial charge on any atom is 0.320 e. The van der Waals surface area contributed by atoms with Crippen LogP contribution in [-0.4, -0.2) is 72.8 Å². The predicted molar refractivity (Wildman–Crippen MR) is 110 cm³/mol. The zero-order valence-corrected chi connectivity index (χ0v) is 17.5. The fourth-order valence-corrected chi connectivity index (χ4v) is 6.94. The Morgan fingerprint density at radius 3 is 2.38 bits per heavy atom. The second-order valence-corrected chi connectivity index (χ2v) is 10.2. The number of rotatable bonds is 2. The summed E-state index contributed by atoms with van der Waals surface area (Å²) in [4.78, 5) is 29.3. The molecule has 0 aromatic heterocycles. The van der Waals surface area contributed by atoms with E-state index in [1.165, 1.54) is 44.9 Å². The Kier molecular flexibility index (Phi) is 5.35. The van der Waals surface area contributed by atoms with Gasteiger partial charge in [-0.25, -0.2) is 9.59 Å². The van der Waals surface area contributed by atoms with E-state index in [9.17, 15) is 9.59 Å². The smallest absolute Gasteiger partial charge is 0.320 e. The third-order valence-electron chi connectivity index (χ3n) is 8.24. The van der Waals surface area contributed by atoms with Gasteiger partial charge in [0.15, 0.2) is 0 Å². The standard InChI is InChI=1S/C22H36N4O3/c27-20(24-22-13-16-2-1-3-17(14-22)18(12-16)15-22)23-19-4-6-25(7-5-19)21(28)26-8-10-29-11-9-26/h16-19H,1-15H2,(H2,23,24,27). The van der Waals surface area contributed by atoms with Gasteiger partial charge in [0.05, 0.1) is 13.2 Å². The summed E-state index contributed by atoms with van der Waals surface area (Å²) in [5.74, 6) is 2.49. The average Bonchev–Trinajstić information content (AvgIpc) is 2.87. The maximum absolute atomic E-state index is 12.8. The van der Waals surface area contributed by atoms with Crippen LogP contribution >= 0.6 is 0 Å². The minimum absolute atomic E-state index is 0.0172. The van der Waals surface area contributed by atoms with Crippen LogP contribution in [-0.2, 0) is 4.74 Å². The van der Waals surface area contributed by atoms with Gasteiger partial charge in [-0.3, -0.25) is 0 Å². The van der Waals surface area contributed by atoms with E-state index in [4.69, 9.17) is 4.74 Å². The van der Waals surface area contributed by atoms with Crippen LogP contribution in [0.15, 0.2) is 0 Å². The van der Waals surface area contributed by atoms with Crippen LogP contribution in [0, 0.1) is 17.8 Å². The highest BCUT2D eigenvalue weighted by atomic mass is 16.5. The number of urea groups is 2. The first kappa shape index (κ1) is 19.5. The fourth-order valence-electron chi connectivity index (χ4n) is 6.94. The van der Waals surface area contributed by atoms with Crippen molar-refractivity contribution in [2.75, 3.05) is 39.4 Å². The molecule has 2 N–H and O–H groups in total. The van der Waals surface area contributed by atoms with Crippen LogP contribution in [0.2, 0.25) is 0 Å². The average molecular weight is 405 g/mol. The molecular formula is C22H36N4O3. The molecule has 2 heterocycles. The van der Waals surface area contributed by atoms with Crippen molar-refractivity contribution >= 4 is 12.1 Å². The molecule has 0 aromatic rings. The zero-order chi connectivity index (χ0) is 19.8. The SMILES string of the molecule is O=C(NC1CCN(C(=O)N2CCOCC2)CC1)NC12CC3CCCC(C1)C(C3)C2. The van der Waals surface area contributed by atoms with Gasteiger partial charge < -0.3 is 25.2 Å². The summed E-state index contributed by atoms with van der Waals surface area (Å²) in [6.07, 6.45) is 10.7. The summed E-state index contributed by atoms with van der Waals surface area (Å²) in [7, 11) is 0. The molecular weight excluding hydrogens is 368 g/mol. The molecule has 7 heteroatoms.